The lowest BCUT2D eigenvalue weighted by Gasteiger charge is -2.34. The molecule has 0 aliphatic heterocycles. The van der Waals surface area contributed by atoms with Crippen LogP contribution in [0.3, 0.4) is 0 Å². The van der Waals surface area contributed by atoms with Gasteiger partial charge in [-0.2, -0.15) is 0 Å². The molecule has 1 atom stereocenters. The van der Waals surface area contributed by atoms with Crippen molar-refractivity contribution in [1.82, 2.24) is 10.2 Å². The van der Waals surface area contributed by atoms with Crippen LogP contribution in [0.5, 0.6) is 0 Å². The smallest absolute Gasteiger partial charge is 0.264 e. The van der Waals surface area contributed by atoms with E-state index in [0.29, 0.717) is 17.8 Å². The number of nitrogens with zero attached hydrogens (tertiary/aromatic N) is 2. The van der Waals surface area contributed by atoms with Gasteiger partial charge in [-0.1, -0.05) is 110 Å². The lowest BCUT2D eigenvalue weighted by atomic mass is 10.0. The molecule has 0 heterocycles. The van der Waals surface area contributed by atoms with Gasteiger partial charge in [0.1, 0.15) is 12.6 Å². The first kappa shape index (κ1) is 32.5. The fourth-order valence-corrected chi connectivity index (χ4v) is 6.51. The van der Waals surface area contributed by atoms with Gasteiger partial charge in [0.25, 0.3) is 10.0 Å². The fourth-order valence-electron chi connectivity index (χ4n) is 5.03. The zero-order chi connectivity index (χ0) is 31.5. The number of carbonyl (C=O) groups is 2. The Morgan fingerprint density at radius 3 is 1.98 bits per heavy atom. The molecular weight excluding hydrogens is 570 g/mol. The Hall–Kier alpha value is -4.43. The number of sulfonamides is 1. The van der Waals surface area contributed by atoms with Gasteiger partial charge >= 0.3 is 0 Å². The van der Waals surface area contributed by atoms with E-state index in [4.69, 9.17) is 0 Å². The van der Waals surface area contributed by atoms with Crippen LogP contribution in [0.15, 0.2) is 114 Å². The largest absolute Gasteiger partial charge is 0.354 e. The molecule has 1 unspecified atom stereocenters. The highest BCUT2D eigenvalue weighted by Gasteiger charge is 2.35. The number of benzene rings is 4. The zero-order valence-corrected chi connectivity index (χ0v) is 26.5. The summed E-state index contributed by atoms with van der Waals surface area (Å²) in [6.07, 6.45) is 2.01. The summed E-state index contributed by atoms with van der Waals surface area (Å²) in [6, 6.07) is 31.9. The number of unbranched alkanes of at least 4 members (excludes halogenated alkanes) is 1. The van der Waals surface area contributed by atoms with Gasteiger partial charge in [-0.15, -0.1) is 0 Å². The van der Waals surface area contributed by atoms with Crippen LogP contribution < -0.4 is 9.62 Å². The lowest BCUT2D eigenvalue weighted by molar-refractivity contribution is -0.140. The number of hydrogen-bond donors (Lipinski definition) is 1. The van der Waals surface area contributed by atoms with Crippen molar-refractivity contribution < 1.29 is 18.0 Å². The second-order valence-corrected chi connectivity index (χ2v) is 12.8. The Balaban J connectivity index is 1.78. The van der Waals surface area contributed by atoms with E-state index < -0.39 is 28.5 Å². The van der Waals surface area contributed by atoms with Gasteiger partial charge in [0.2, 0.25) is 11.8 Å². The van der Waals surface area contributed by atoms with Crippen molar-refractivity contribution in [1.29, 1.82) is 0 Å². The monoisotopic (exact) mass is 611 g/mol. The number of amides is 2. The third kappa shape index (κ3) is 8.35. The molecule has 44 heavy (non-hydrogen) atoms. The molecule has 0 aliphatic rings. The average molecular weight is 612 g/mol. The van der Waals surface area contributed by atoms with Crippen LogP contribution in [-0.4, -0.2) is 44.3 Å². The third-order valence-electron chi connectivity index (χ3n) is 7.57. The SMILES string of the molecule is CCCCNC(=O)C(Cc1ccccc1)N(Cc1ccccc1)C(=O)CN(c1ccccc1C)S(=O)(=O)c1ccc(C)cc1. The summed E-state index contributed by atoms with van der Waals surface area (Å²) in [4.78, 5) is 29.9. The molecule has 8 heteroatoms. The van der Waals surface area contributed by atoms with Crippen LogP contribution in [0.1, 0.15) is 42.0 Å². The Bertz CT molecular complexity index is 1630. The van der Waals surface area contributed by atoms with Crippen molar-refractivity contribution in [2.75, 3.05) is 17.4 Å². The lowest BCUT2D eigenvalue weighted by Crippen LogP contribution is -2.53. The minimum Gasteiger partial charge on any atom is -0.354 e. The van der Waals surface area contributed by atoms with E-state index in [1.807, 2.05) is 93.6 Å². The van der Waals surface area contributed by atoms with Crippen molar-refractivity contribution in [3.05, 3.63) is 131 Å². The molecule has 0 spiro atoms. The predicted octanol–water partition coefficient (Wildman–Crippen LogP) is 6.06. The summed E-state index contributed by atoms with van der Waals surface area (Å²) >= 11 is 0. The maximum absolute atomic E-state index is 14.5. The predicted molar refractivity (Wildman–Crippen MR) is 176 cm³/mol. The maximum Gasteiger partial charge on any atom is 0.264 e. The molecule has 7 nitrogen and oxygen atoms in total. The van der Waals surface area contributed by atoms with Crippen LogP contribution >= 0.6 is 0 Å². The van der Waals surface area contributed by atoms with Gasteiger partial charge in [-0.3, -0.25) is 13.9 Å². The van der Waals surface area contributed by atoms with Gasteiger partial charge in [0.05, 0.1) is 10.6 Å². The van der Waals surface area contributed by atoms with Crippen molar-refractivity contribution in [2.45, 2.75) is 57.5 Å². The molecule has 0 fully saturated rings. The molecule has 0 aromatic heterocycles. The number of para-hydroxylation sites is 1. The third-order valence-corrected chi connectivity index (χ3v) is 9.34. The summed E-state index contributed by atoms with van der Waals surface area (Å²) in [5, 5.41) is 3.02. The number of anilines is 1. The molecule has 230 valence electrons. The highest BCUT2D eigenvalue weighted by molar-refractivity contribution is 7.92. The van der Waals surface area contributed by atoms with Crippen molar-refractivity contribution in [2.24, 2.45) is 0 Å². The summed E-state index contributed by atoms with van der Waals surface area (Å²) in [5.41, 5.74) is 3.78. The van der Waals surface area contributed by atoms with E-state index in [1.165, 1.54) is 9.21 Å². The molecule has 0 saturated carbocycles. The quantitative estimate of drug-likeness (QED) is 0.176. The molecule has 4 aromatic rings. The first-order valence-electron chi connectivity index (χ1n) is 15.0. The Kier molecular flexibility index (Phi) is 11.3. The van der Waals surface area contributed by atoms with E-state index in [1.54, 1.807) is 36.4 Å². The molecule has 1 N–H and O–H groups in total. The first-order valence-corrected chi connectivity index (χ1v) is 16.4. The topological polar surface area (TPSA) is 86.8 Å². The van der Waals surface area contributed by atoms with Crippen LogP contribution in [0.2, 0.25) is 0 Å². The number of hydrogen-bond acceptors (Lipinski definition) is 4. The van der Waals surface area contributed by atoms with Gasteiger partial charge in [-0.25, -0.2) is 8.42 Å². The molecule has 0 saturated heterocycles. The fraction of sp³-hybridized carbons (Fsp3) is 0.278. The van der Waals surface area contributed by atoms with Crippen LogP contribution in [0, 0.1) is 13.8 Å². The second kappa shape index (κ2) is 15.3. The van der Waals surface area contributed by atoms with E-state index in [9.17, 15) is 18.0 Å². The number of rotatable bonds is 14. The highest BCUT2D eigenvalue weighted by atomic mass is 32.2. The van der Waals surface area contributed by atoms with Gasteiger partial charge < -0.3 is 10.2 Å². The van der Waals surface area contributed by atoms with Crippen LogP contribution in [0.25, 0.3) is 0 Å². The van der Waals surface area contributed by atoms with Crippen LogP contribution in [0.4, 0.5) is 5.69 Å². The summed E-state index contributed by atoms with van der Waals surface area (Å²) in [7, 11) is -4.13. The van der Waals surface area contributed by atoms with E-state index in [-0.39, 0.29) is 23.8 Å². The molecule has 4 aromatic carbocycles. The standard InChI is InChI=1S/C36H41N3O4S/c1-4-5-24-37-36(41)34(25-30-15-8-6-9-16-30)38(26-31-17-10-7-11-18-31)35(40)27-39(33-19-13-12-14-29(33)3)44(42,43)32-22-20-28(2)21-23-32/h6-23,34H,4-5,24-27H2,1-3H3,(H,37,41). The maximum atomic E-state index is 14.5. The highest BCUT2D eigenvalue weighted by Crippen LogP contribution is 2.28. The average Bonchev–Trinajstić information content (AvgIpc) is 3.03. The van der Waals surface area contributed by atoms with Crippen molar-refractivity contribution in [3.8, 4) is 0 Å². The number of nitrogens with one attached hydrogen (secondary N) is 1. The summed E-state index contributed by atoms with van der Waals surface area (Å²) in [6.45, 7) is 5.92. The minimum atomic E-state index is -4.13. The van der Waals surface area contributed by atoms with Crippen molar-refractivity contribution >= 4 is 27.5 Å². The van der Waals surface area contributed by atoms with Gasteiger partial charge in [0.15, 0.2) is 0 Å². The Morgan fingerprint density at radius 2 is 1.36 bits per heavy atom. The number of carbonyl (C=O) groups excluding carboxylic acids is 2. The second-order valence-electron chi connectivity index (χ2n) is 11.0. The number of aryl methyl sites for hydroxylation is 2. The van der Waals surface area contributed by atoms with Crippen molar-refractivity contribution in [3.63, 3.8) is 0 Å². The molecule has 0 bridgehead atoms. The minimum absolute atomic E-state index is 0.0897. The van der Waals surface area contributed by atoms with Gasteiger partial charge in [0, 0.05) is 19.5 Å². The summed E-state index contributed by atoms with van der Waals surface area (Å²) in [5.74, 6) is -0.741. The Labute approximate surface area is 261 Å². The Morgan fingerprint density at radius 1 is 0.773 bits per heavy atom. The normalized spacial score (nSPS) is 11.9. The molecule has 2 amide bonds. The van der Waals surface area contributed by atoms with E-state index in [2.05, 4.69) is 5.32 Å². The van der Waals surface area contributed by atoms with Crippen LogP contribution in [-0.2, 0) is 32.6 Å². The van der Waals surface area contributed by atoms with E-state index >= 15 is 0 Å². The zero-order valence-electron chi connectivity index (χ0n) is 25.6. The first-order chi connectivity index (χ1) is 21.2. The molecule has 4 rings (SSSR count). The van der Waals surface area contributed by atoms with E-state index in [0.717, 1.165) is 29.5 Å². The summed E-state index contributed by atoms with van der Waals surface area (Å²) < 4.78 is 29.5. The molecule has 0 radical (unpaired) electrons. The molecule has 0 aliphatic carbocycles. The molecular formula is C36H41N3O4S. The van der Waals surface area contributed by atoms with Gasteiger partial charge in [-0.05, 0) is 55.2 Å².